The number of hydrogen-bond acceptors (Lipinski definition) is 3. The SMILES string of the molecule is c1csc(C(C2CCCC2)N2CCNCC2)c1. The van der Waals surface area contributed by atoms with E-state index in [2.05, 4.69) is 27.7 Å². The molecular formula is C14H22N2S. The Bertz CT molecular complexity index is 324. The van der Waals surface area contributed by atoms with E-state index in [0.717, 1.165) is 19.0 Å². The Labute approximate surface area is 108 Å². The standard InChI is InChI=1S/C14H22N2S/c1-2-5-12(4-1)14(13-6-3-11-17-13)16-9-7-15-8-10-16/h3,6,11-12,14-15H,1-2,4-5,7-10H2. The molecule has 2 fully saturated rings. The van der Waals surface area contributed by atoms with Crippen LogP contribution in [0.15, 0.2) is 17.5 Å². The van der Waals surface area contributed by atoms with Gasteiger partial charge in [0.25, 0.3) is 0 Å². The second-order valence-corrected chi connectivity index (χ2v) is 6.27. The molecule has 1 aromatic heterocycles. The Balaban J connectivity index is 1.79. The predicted molar refractivity (Wildman–Crippen MR) is 73.5 cm³/mol. The van der Waals surface area contributed by atoms with Gasteiger partial charge in [0.05, 0.1) is 0 Å². The fourth-order valence-corrected chi connectivity index (χ4v) is 4.36. The number of thiophene rings is 1. The predicted octanol–water partition coefficient (Wildman–Crippen LogP) is 2.88. The van der Waals surface area contributed by atoms with Crippen LogP contribution in [-0.4, -0.2) is 31.1 Å². The van der Waals surface area contributed by atoms with Crippen molar-refractivity contribution in [2.75, 3.05) is 26.2 Å². The molecule has 1 saturated heterocycles. The molecule has 0 amide bonds. The van der Waals surface area contributed by atoms with Crippen LogP contribution in [0, 0.1) is 5.92 Å². The summed E-state index contributed by atoms with van der Waals surface area (Å²) in [6, 6.07) is 5.26. The lowest BCUT2D eigenvalue weighted by Gasteiger charge is -2.37. The van der Waals surface area contributed by atoms with Gasteiger partial charge < -0.3 is 5.32 Å². The molecule has 0 spiro atoms. The summed E-state index contributed by atoms with van der Waals surface area (Å²) < 4.78 is 0. The van der Waals surface area contributed by atoms with Crippen molar-refractivity contribution < 1.29 is 0 Å². The molecule has 94 valence electrons. The maximum atomic E-state index is 3.47. The van der Waals surface area contributed by atoms with Gasteiger partial charge in [0.2, 0.25) is 0 Å². The summed E-state index contributed by atoms with van der Waals surface area (Å²) in [4.78, 5) is 4.32. The minimum atomic E-state index is 0.708. The summed E-state index contributed by atoms with van der Waals surface area (Å²) in [6.07, 6.45) is 5.76. The number of nitrogens with zero attached hydrogens (tertiary/aromatic N) is 1. The summed E-state index contributed by atoms with van der Waals surface area (Å²) >= 11 is 1.95. The molecule has 1 aliphatic carbocycles. The lowest BCUT2D eigenvalue weighted by atomic mass is 9.94. The smallest absolute Gasteiger partial charge is 0.0470 e. The van der Waals surface area contributed by atoms with Crippen LogP contribution >= 0.6 is 11.3 Å². The second kappa shape index (κ2) is 5.51. The lowest BCUT2D eigenvalue weighted by Crippen LogP contribution is -2.46. The van der Waals surface area contributed by atoms with Crippen LogP contribution < -0.4 is 5.32 Å². The molecule has 1 aliphatic heterocycles. The van der Waals surface area contributed by atoms with Crippen molar-refractivity contribution in [2.24, 2.45) is 5.92 Å². The number of rotatable bonds is 3. The van der Waals surface area contributed by atoms with Gasteiger partial charge in [-0.25, -0.2) is 0 Å². The molecule has 1 aromatic rings. The van der Waals surface area contributed by atoms with E-state index in [9.17, 15) is 0 Å². The zero-order valence-electron chi connectivity index (χ0n) is 10.4. The summed E-state index contributed by atoms with van der Waals surface area (Å²) in [5.74, 6) is 0.909. The summed E-state index contributed by atoms with van der Waals surface area (Å²) in [5, 5.41) is 5.70. The number of hydrogen-bond donors (Lipinski definition) is 1. The van der Waals surface area contributed by atoms with Crippen molar-refractivity contribution in [1.82, 2.24) is 10.2 Å². The first kappa shape index (κ1) is 11.7. The molecule has 0 radical (unpaired) electrons. The van der Waals surface area contributed by atoms with Crippen molar-refractivity contribution in [2.45, 2.75) is 31.7 Å². The van der Waals surface area contributed by atoms with Gasteiger partial charge in [0, 0.05) is 37.1 Å². The molecule has 0 bridgehead atoms. The molecule has 1 N–H and O–H groups in total. The van der Waals surface area contributed by atoms with Crippen molar-refractivity contribution in [3.8, 4) is 0 Å². The molecule has 2 aliphatic rings. The van der Waals surface area contributed by atoms with Crippen molar-refractivity contribution >= 4 is 11.3 Å². The molecule has 3 rings (SSSR count). The van der Waals surface area contributed by atoms with E-state index in [1.54, 1.807) is 4.88 Å². The molecule has 2 heterocycles. The normalized spacial score (nSPS) is 25.2. The highest BCUT2D eigenvalue weighted by molar-refractivity contribution is 7.10. The van der Waals surface area contributed by atoms with Gasteiger partial charge in [-0.2, -0.15) is 0 Å². The van der Waals surface area contributed by atoms with E-state index in [-0.39, 0.29) is 0 Å². The molecule has 1 atom stereocenters. The highest BCUT2D eigenvalue weighted by atomic mass is 32.1. The van der Waals surface area contributed by atoms with Gasteiger partial charge in [0.1, 0.15) is 0 Å². The average Bonchev–Trinajstić information content (AvgIpc) is 3.04. The summed E-state index contributed by atoms with van der Waals surface area (Å²) in [6.45, 7) is 4.77. The Morgan fingerprint density at radius 1 is 1.24 bits per heavy atom. The molecule has 17 heavy (non-hydrogen) atoms. The first-order chi connectivity index (χ1) is 8.45. The molecule has 1 unspecified atom stereocenters. The maximum absolute atomic E-state index is 3.47. The minimum absolute atomic E-state index is 0.708. The third-order valence-corrected chi connectivity index (χ3v) is 5.17. The molecule has 1 saturated carbocycles. The monoisotopic (exact) mass is 250 g/mol. The highest BCUT2D eigenvalue weighted by Crippen LogP contribution is 2.41. The van der Waals surface area contributed by atoms with Crippen LogP contribution in [0.4, 0.5) is 0 Å². The fourth-order valence-electron chi connectivity index (χ4n) is 3.40. The summed E-state index contributed by atoms with van der Waals surface area (Å²) in [7, 11) is 0. The van der Waals surface area contributed by atoms with Gasteiger partial charge in [-0.1, -0.05) is 18.9 Å². The Morgan fingerprint density at radius 3 is 2.65 bits per heavy atom. The average molecular weight is 250 g/mol. The molecule has 2 nitrogen and oxygen atoms in total. The minimum Gasteiger partial charge on any atom is -0.314 e. The number of piperazine rings is 1. The molecule has 3 heteroatoms. The van der Waals surface area contributed by atoms with Gasteiger partial charge in [0.15, 0.2) is 0 Å². The van der Waals surface area contributed by atoms with Gasteiger partial charge in [-0.05, 0) is 30.2 Å². The van der Waals surface area contributed by atoms with Crippen molar-refractivity contribution in [1.29, 1.82) is 0 Å². The third-order valence-electron chi connectivity index (χ3n) is 4.23. The first-order valence-electron chi connectivity index (χ1n) is 6.93. The van der Waals surface area contributed by atoms with Gasteiger partial charge in [-0.3, -0.25) is 4.90 Å². The van der Waals surface area contributed by atoms with E-state index in [0.29, 0.717) is 6.04 Å². The lowest BCUT2D eigenvalue weighted by molar-refractivity contribution is 0.128. The Kier molecular flexibility index (Phi) is 3.79. The van der Waals surface area contributed by atoms with Crippen LogP contribution in [0.1, 0.15) is 36.6 Å². The van der Waals surface area contributed by atoms with Crippen LogP contribution in [-0.2, 0) is 0 Å². The van der Waals surface area contributed by atoms with E-state index >= 15 is 0 Å². The molecular weight excluding hydrogens is 228 g/mol. The highest BCUT2D eigenvalue weighted by Gasteiger charge is 2.32. The van der Waals surface area contributed by atoms with Gasteiger partial charge in [-0.15, -0.1) is 11.3 Å². The first-order valence-corrected chi connectivity index (χ1v) is 7.81. The van der Waals surface area contributed by atoms with Crippen LogP contribution in [0.2, 0.25) is 0 Å². The summed E-state index contributed by atoms with van der Waals surface area (Å²) in [5.41, 5.74) is 0. The second-order valence-electron chi connectivity index (χ2n) is 5.29. The van der Waals surface area contributed by atoms with Crippen molar-refractivity contribution in [3.63, 3.8) is 0 Å². The number of nitrogens with one attached hydrogen (secondary N) is 1. The van der Waals surface area contributed by atoms with Gasteiger partial charge >= 0.3 is 0 Å². The zero-order chi connectivity index (χ0) is 11.5. The Hall–Kier alpha value is -0.380. The zero-order valence-corrected chi connectivity index (χ0v) is 11.2. The van der Waals surface area contributed by atoms with Crippen LogP contribution in [0.3, 0.4) is 0 Å². The van der Waals surface area contributed by atoms with Crippen LogP contribution in [0.5, 0.6) is 0 Å². The van der Waals surface area contributed by atoms with Crippen LogP contribution in [0.25, 0.3) is 0 Å². The van der Waals surface area contributed by atoms with Crippen molar-refractivity contribution in [3.05, 3.63) is 22.4 Å². The molecule has 0 aromatic carbocycles. The third kappa shape index (κ3) is 2.56. The van der Waals surface area contributed by atoms with E-state index in [4.69, 9.17) is 0 Å². The topological polar surface area (TPSA) is 15.3 Å². The largest absolute Gasteiger partial charge is 0.314 e. The fraction of sp³-hybridized carbons (Fsp3) is 0.714. The van der Waals surface area contributed by atoms with E-state index in [1.165, 1.54) is 38.8 Å². The van der Waals surface area contributed by atoms with E-state index in [1.807, 2.05) is 11.3 Å². The maximum Gasteiger partial charge on any atom is 0.0470 e. The van der Waals surface area contributed by atoms with E-state index < -0.39 is 0 Å². The quantitative estimate of drug-likeness (QED) is 0.887. The Morgan fingerprint density at radius 2 is 2.00 bits per heavy atom.